The highest BCUT2D eigenvalue weighted by atomic mass is 19.4. The second-order valence-electron chi connectivity index (χ2n) is 6.15. The molecule has 2 rings (SSSR count). The molecule has 0 aliphatic rings. The summed E-state index contributed by atoms with van der Waals surface area (Å²) >= 11 is 0. The van der Waals surface area contributed by atoms with Crippen LogP contribution in [0.25, 0.3) is 0 Å². The Kier molecular flexibility index (Phi) is 6.77. The molecule has 2 aromatic carbocycles. The van der Waals surface area contributed by atoms with Gasteiger partial charge in [0.25, 0.3) is 0 Å². The minimum Gasteiger partial charge on any atom is -0.464 e. The van der Waals surface area contributed by atoms with Crippen LogP contribution in [0.4, 0.5) is 13.2 Å². The number of halogens is 3. The number of hydrogen-bond donors (Lipinski definition) is 0. The minimum atomic E-state index is -5.16. The van der Waals surface area contributed by atoms with Crippen molar-refractivity contribution < 1.29 is 27.5 Å². The zero-order chi connectivity index (χ0) is 19.9. The monoisotopic (exact) mass is 378 g/mol. The van der Waals surface area contributed by atoms with Crippen molar-refractivity contribution in [2.24, 2.45) is 0 Å². The third-order valence-corrected chi connectivity index (χ3v) is 4.30. The predicted molar refractivity (Wildman–Crippen MR) is 95.4 cm³/mol. The number of ether oxygens (including phenoxy) is 1. The lowest BCUT2D eigenvalue weighted by Gasteiger charge is -2.32. The van der Waals surface area contributed by atoms with Crippen molar-refractivity contribution in [3.8, 4) is 0 Å². The molecule has 0 radical (unpaired) electrons. The summed E-state index contributed by atoms with van der Waals surface area (Å²) in [6, 6.07) is 13.5. The number of benzene rings is 2. The first-order valence-electron chi connectivity index (χ1n) is 8.75. The zero-order valence-corrected chi connectivity index (χ0v) is 15.0. The summed E-state index contributed by atoms with van der Waals surface area (Å²) < 4.78 is 47.9. The Labute approximate surface area is 156 Å². The van der Waals surface area contributed by atoms with Gasteiger partial charge in [-0.2, -0.15) is 13.2 Å². The predicted octanol–water partition coefficient (Wildman–Crippen LogP) is 5.10. The van der Waals surface area contributed by atoms with E-state index >= 15 is 0 Å². The van der Waals surface area contributed by atoms with Gasteiger partial charge < -0.3 is 4.74 Å². The molecule has 1 unspecified atom stereocenters. The van der Waals surface area contributed by atoms with E-state index in [9.17, 15) is 22.8 Å². The van der Waals surface area contributed by atoms with E-state index in [1.807, 2.05) is 6.92 Å². The molecule has 0 saturated carbocycles. The van der Waals surface area contributed by atoms with Crippen LogP contribution in [0.5, 0.6) is 0 Å². The van der Waals surface area contributed by atoms with Gasteiger partial charge in [0.15, 0.2) is 5.78 Å². The van der Waals surface area contributed by atoms with Crippen molar-refractivity contribution in [3.63, 3.8) is 0 Å². The molecule has 0 bridgehead atoms. The smallest absolute Gasteiger partial charge is 0.416 e. The van der Waals surface area contributed by atoms with Crippen LogP contribution in [0.1, 0.15) is 42.1 Å². The van der Waals surface area contributed by atoms with Gasteiger partial charge in [0.1, 0.15) is 0 Å². The van der Waals surface area contributed by atoms with Crippen LogP contribution < -0.4 is 0 Å². The molecular formula is C21H21F3O3. The average molecular weight is 378 g/mol. The first-order valence-corrected chi connectivity index (χ1v) is 8.75. The number of carbonyl (C=O) groups is 2. The molecule has 0 amide bonds. The average Bonchev–Trinajstić information content (AvgIpc) is 2.66. The number of alkyl halides is 3. The molecule has 27 heavy (non-hydrogen) atoms. The molecule has 0 heterocycles. The third-order valence-electron chi connectivity index (χ3n) is 4.30. The molecular weight excluding hydrogens is 357 g/mol. The molecule has 1 atom stereocenters. The number of esters is 1. The summed E-state index contributed by atoms with van der Waals surface area (Å²) in [6.07, 6.45) is -3.19. The maximum absolute atomic E-state index is 14.3. The van der Waals surface area contributed by atoms with Crippen LogP contribution in [0, 0.1) is 0 Å². The van der Waals surface area contributed by atoms with Gasteiger partial charge in [-0.25, -0.2) is 0 Å². The van der Waals surface area contributed by atoms with Crippen molar-refractivity contribution in [1.29, 1.82) is 0 Å². The standard InChI is InChI=1S/C21H21F3O3/c1-2-3-10-15-27-19(26)20(21(22,23)24,17-13-8-5-9-14-17)18(25)16-11-6-4-7-12-16/h4-9,11-14H,2-3,10,15H2,1H3. The van der Waals surface area contributed by atoms with Gasteiger partial charge in [-0.1, -0.05) is 80.4 Å². The second kappa shape index (κ2) is 8.84. The molecule has 144 valence electrons. The fourth-order valence-corrected chi connectivity index (χ4v) is 2.87. The lowest BCUT2D eigenvalue weighted by atomic mass is 9.73. The van der Waals surface area contributed by atoms with Gasteiger partial charge in [-0.3, -0.25) is 9.59 Å². The molecule has 0 aromatic heterocycles. The zero-order valence-electron chi connectivity index (χ0n) is 15.0. The third kappa shape index (κ3) is 4.21. The van der Waals surface area contributed by atoms with E-state index in [2.05, 4.69) is 0 Å². The number of carbonyl (C=O) groups excluding carboxylic acids is 2. The largest absolute Gasteiger partial charge is 0.464 e. The van der Waals surface area contributed by atoms with Crippen molar-refractivity contribution in [2.45, 2.75) is 37.8 Å². The Morgan fingerprint density at radius 2 is 1.44 bits per heavy atom. The number of Topliss-reactive ketones (excluding diaryl/α,β-unsaturated/α-hetero) is 1. The summed E-state index contributed by atoms with van der Waals surface area (Å²) in [5.74, 6) is -2.94. The lowest BCUT2D eigenvalue weighted by Crippen LogP contribution is -2.56. The van der Waals surface area contributed by atoms with E-state index in [-0.39, 0.29) is 12.2 Å². The minimum absolute atomic E-state index is 0.167. The van der Waals surface area contributed by atoms with Crippen molar-refractivity contribution in [2.75, 3.05) is 6.61 Å². The number of unbranched alkanes of at least 4 members (excludes halogenated alkanes) is 2. The van der Waals surface area contributed by atoms with Crippen molar-refractivity contribution in [1.82, 2.24) is 0 Å². The fourth-order valence-electron chi connectivity index (χ4n) is 2.87. The molecule has 0 N–H and O–H groups in total. The number of rotatable bonds is 8. The molecule has 0 aliphatic carbocycles. The topological polar surface area (TPSA) is 43.4 Å². The van der Waals surface area contributed by atoms with Crippen LogP contribution in [-0.2, 0) is 14.9 Å². The van der Waals surface area contributed by atoms with Crippen LogP contribution >= 0.6 is 0 Å². The summed E-state index contributed by atoms with van der Waals surface area (Å²) in [6.45, 7) is 1.75. The quantitative estimate of drug-likeness (QED) is 0.278. The first kappa shape index (κ1) is 20.7. The summed E-state index contributed by atoms with van der Waals surface area (Å²) in [7, 11) is 0. The summed E-state index contributed by atoms with van der Waals surface area (Å²) in [5.41, 5.74) is -4.06. The van der Waals surface area contributed by atoms with E-state index in [4.69, 9.17) is 4.74 Å². The second-order valence-corrected chi connectivity index (χ2v) is 6.15. The highest BCUT2D eigenvalue weighted by Gasteiger charge is 2.67. The van der Waals surface area contributed by atoms with E-state index in [1.54, 1.807) is 6.07 Å². The van der Waals surface area contributed by atoms with Gasteiger partial charge in [0.05, 0.1) is 6.61 Å². The summed E-state index contributed by atoms with van der Waals surface area (Å²) in [5, 5.41) is 0. The lowest BCUT2D eigenvalue weighted by molar-refractivity contribution is -0.197. The molecule has 0 fully saturated rings. The molecule has 3 nitrogen and oxygen atoms in total. The van der Waals surface area contributed by atoms with E-state index in [0.717, 1.165) is 18.6 Å². The van der Waals surface area contributed by atoms with Crippen LogP contribution in [0.15, 0.2) is 60.7 Å². The van der Waals surface area contributed by atoms with Crippen molar-refractivity contribution in [3.05, 3.63) is 71.8 Å². The maximum Gasteiger partial charge on any atom is 0.416 e. The van der Waals surface area contributed by atoms with E-state index < -0.39 is 28.9 Å². The van der Waals surface area contributed by atoms with Crippen LogP contribution in [-0.4, -0.2) is 24.5 Å². The van der Waals surface area contributed by atoms with Gasteiger partial charge in [0.2, 0.25) is 5.41 Å². The highest BCUT2D eigenvalue weighted by molar-refractivity contribution is 6.18. The normalized spacial score (nSPS) is 13.6. The molecule has 0 aliphatic heterocycles. The van der Waals surface area contributed by atoms with Crippen LogP contribution in [0.3, 0.4) is 0 Å². The SMILES string of the molecule is CCCCCOC(=O)C(C(=O)c1ccccc1)(c1ccccc1)C(F)(F)F. The fraction of sp³-hybridized carbons (Fsp3) is 0.333. The van der Waals surface area contributed by atoms with Gasteiger partial charge in [-0.05, 0) is 12.0 Å². The Balaban J connectivity index is 2.58. The molecule has 0 saturated heterocycles. The molecule has 0 spiro atoms. The van der Waals surface area contributed by atoms with Gasteiger partial charge >= 0.3 is 12.1 Å². The first-order chi connectivity index (χ1) is 12.9. The Morgan fingerprint density at radius 1 is 0.889 bits per heavy atom. The summed E-state index contributed by atoms with van der Waals surface area (Å²) in [4.78, 5) is 25.8. The molecule has 2 aromatic rings. The Morgan fingerprint density at radius 3 is 1.96 bits per heavy atom. The van der Waals surface area contributed by atoms with Gasteiger partial charge in [0, 0.05) is 5.56 Å². The van der Waals surface area contributed by atoms with Gasteiger partial charge in [-0.15, -0.1) is 0 Å². The maximum atomic E-state index is 14.3. The number of hydrogen-bond acceptors (Lipinski definition) is 3. The Hall–Kier alpha value is -2.63. The van der Waals surface area contributed by atoms with Crippen molar-refractivity contribution >= 4 is 11.8 Å². The van der Waals surface area contributed by atoms with Crippen LogP contribution in [0.2, 0.25) is 0 Å². The molecule has 6 heteroatoms. The Bertz CT molecular complexity index is 757. The van der Waals surface area contributed by atoms with E-state index in [1.165, 1.54) is 42.5 Å². The number of ketones is 1. The van der Waals surface area contributed by atoms with E-state index in [0.29, 0.717) is 12.8 Å². The highest BCUT2D eigenvalue weighted by Crippen LogP contribution is 2.44.